The molecule has 6 heteroatoms. The fourth-order valence-electron chi connectivity index (χ4n) is 3.67. The molecule has 0 bridgehead atoms. The third-order valence-electron chi connectivity index (χ3n) is 5.15. The maximum atomic E-state index is 10.7. The molecule has 4 rings (SSSR count). The number of aliphatic hydroxyl groups excluding tert-OH is 4. The van der Waals surface area contributed by atoms with Crippen LogP contribution in [0.15, 0.2) is 60.7 Å². The summed E-state index contributed by atoms with van der Waals surface area (Å²) >= 11 is 0. The van der Waals surface area contributed by atoms with Crippen molar-refractivity contribution < 1.29 is 20.4 Å². The van der Waals surface area contributed by atoms with Gasteiger partial charge in [0, 0.05) is 23.7 Å². The second-order valence-electron chi connectivity index (χ2n) is 6.92. The number of benzene rings is 2. The molecule has 0 fully saturated rings. The molecule has 0 radical (unpaired) electrons. The highest BCUT2D eigenvalue weighted by Crippen LogP contribution is 2.41. The number of aliphatic hydroxyl groups is 4. The van der Waals surface area contributed by atoms with Gasteiger partial charge in [0.25, 0.3) is 0 Å². The fraction of sp³-hybridized carbons (Fsp3) is 0.227. The molecule has 2 aromatic carbocycles. The van der Waals surface area contributed by atoms with Gasteiger partial charge in [-0.2, -0.15) is 0 Å². The van der Waals surface area contributed by atoms with Gasteiger partial charge < -0.3 is 25.0 Å². The van der Waals surface area contributed by atoms with Crippen molar-refractivity contribution in [2.24, 2.45) is 7.05 Å². The van der Waals surface area contributed by atoms with Gasteiger partial charge in [-0.15, -0.1) is 0 Å². The number of aryl methyl sites for hydroxylation is 1. The lowest BCUT2D eigenvalue weighted by atomic mass is 9.99. The summed E-state index contributed by atoms with van der Waals surface area (Å²) < 4.78 is 1.93. The smallest absolute Gasteiger partial charge is 0.127 e. The van der Waals surface area contributed by atoms with Crippen molar-refractivity contribution >= 4 is 10.9 Å². The van der Waals surface area contributed by atoms with E-state index in [1.54, 1.807) is 0 Å². The fourth-order valence-corrected chi connectivity index (χ4v) is 3.67. The Labute approximate surface area is 162 Å². The first-order valence-electron chi connectivity index (χ1n) is 9.11. The summed E-state index contributed by atoms with van der Waals surface area (Å²) in [4.78, 5) is 4.66. The van der Waals surface area contributed by atoms with E-state index in [0.29, 0.717) is 11.4 Å². The molecular formula is C22H22N2O4. The van der Waals surface area contributed by atoms with Crippen molar-refractivity contribution in [1.29, 1.82) is 0 Å². The van der Waals surface area contributed by atoms with Crippen molar-refractivity contribution in [3.8, 4) is 22.5 Å². The van der Waals surface area contributed by atoms with Crippen molar-refractivity contribution in [3.63, 3.8) is 0 Å². The minimum absolute atomic E-state index is 0.266. The van der Waals surface area contributed by atoms with E-state index in [9.17, 15) is 15.3 Å². The number of fused-ring (bicyclic) bond motifs is 2. The number of pyridine rings is 1. The third-order valence-corrected chi connectivity index (χ3v) is 5.15. The number of hydrogen-bond acceptors (Lipinski definition) is 5. The minimum Gasteiger partial charge on any atom is -0.394 e. The Morgan fingerprint density at radius 1 is 0.964 bits per heavy atom. The summed E-state index contributed by atoms with van der Waals surface area (Å²) in [6.07, 6.45) is -4.47. The van der Waals surface area contributed by atoms with Crippen molar-refractivity contribution in [3.05, 3.63) is 66.4 Å². The molecule has 2 heterocycles. The van der Waals surface area contributed by atoms with Gasteiger partial charge in [0.1, 0.15) is 18.3 Å². The average Bonchev–Trinajstić information content (AvgIpc) is 3.12. The topological polar surface area (TPSA) is 98.7 Å². The normalized spacial score (nSPS) is 15.0. The second kappa shape index (κ2) is 7.33. The summed E-state index contributed by atoms with van der Waals surface area (Å²) in [5, 5.41) is 41.0. The predicted octanol–water partition coefficient (Wildman–Crippen LogP) is 2.09. The quantitative estimate of drug-likeness (QED) is 0.426. The van der Waals surface area contributed by atoms with Crippen molar-refractivity contribution in [2.75, 3.05) is 6.61 Å². The van der Waals surface area contributed by atoms with E-state index in [2.05, 4.69) is 4.98 Å². The standard InChI is InChI=1S/C22H22N2O4/c1-24-16-10-6-5-9-14(16)11-15-18(13-7-3-2-4-8-13)23-19(20(15)24)22(28)21(27)17(26)12-25/h2-11,17,21-22,25-28H,12H2,1H3. The lowest BCUT2D eigenvalue weighted by Gasteiger charge is -2.22. The molecule has 2 aromatic rings. The van der Waals surface area contributed by atoms with Gasteiger partial charge in [0.15, 0.2) is 0 Å². The van der Waals surface area contributed by atoms with Crippen LogP contribution in [0.25, 0.3) is 33.4 Å². The van der Waals surface area contributed by atoms with E-state index in [1.807, 2.05) is 72.3 Å². The molecule has 2 aliphatic heterocycles. The van der Waals surface area contributed by atoms with Crippen LogP contribution in [0.1, 0.15) is 11.8 Å². The second-order valence-corrected chi connectivity index (χ2v) is 6.92. The monoisotopic (exact) mass is 378 g/mol. The van der Waals surface area contributed by atoms with Gasteiger partial charge in [0.05, 0.1) is 23.7 Å². The minimum atomic E-state index is -1.56. The molecule has 6 nitrogen and oxygen atoms in total. The van der Waals surface area contributed by atoms with Gasteiger partial charge in [0.2, 0.25) is 0 Å². The van der Waals surface area contributed by atoms with E-state index in [4.69, 9.17) is 5.11 Å². The van der Waals surface area contributed by atoms with E-state index in [0.717, 1.165) is 22.0 Å². The van der Waals surface area contributed by atoms with Crippen molar-refractivity contribution in [1.82, 2.24) is 9.55 Å². The molecule has 0 amide bonds. The molecule has 4 N–H and O–H groups in total. The largest absolute Gasteiger partial charge is 0.394 e. The number of aromatic nitrogens is 2. The van der Waals surface area contributed by atoms with Crippen LogP contribution >= 0.6 is 0 Å². The van der Waals surface area contributed by atoms with E-state index in [-0.39, 0.29) is 5.69 Å². The lowest BCUT2D eigenvalue weighted by Crippen LogP contribution is -2.35. The molecule has 28 heavy (non-hydrogen) atoms. The van der Waals surface area contributed by atoms with Crippen LogP contribution in [0.4, 0.5) is 0 Å². The maximum absolute atomic E-state index is 10.7. The first-order chi connectivity index (χ1) is 13.5. The van der Waals surface area contributed by atoms with Gasteiger partial charge in [-0.3, -0.25) is 0 Å². The van der Waals surface area contributed by atoms with Crippen LogP contribution in [0, 0.1) is 0 Å². The maximum Gasteiger partial charge on any atom is 0.127 e. The molecule has 0 saturated heterocycles. The van der Waals surface area contributed by atoms with E-state index in [1.165, 1.54) is 0 Å². The molecule has 2 aliphatic rings. The van der Waals surface area contributed by atoms with Gasteiger partial charge >= 0.3 is 0 Å². The molecule has 3 atom stereocenters. The SMILES string of the molecule is Cn1c2c(C(O)C(O)C(O)CO)nc(-c3ccccc3)c-2cc2ccccc21. The molecule has 3 unspecified atom stereocenters. The zero-order chi connectivity index (χ0) is 19.8. The highest BCUT2D eigenvalue weighted by atomic mass is 16.4. The zero-order valence-corrected chi connectivity index (χ0v) is 15.4. The molecule has 0 spiro atoms. The Bertz CT molecular complexity index is 1080. The van der Waals surface area contributed by atoms with Gasteiger partial charge in [-0.05, 0) is 17.5 Å². The Hall–Kier alpha value is -2.77. The highest BCUT2D eigenvalue weighted by molar-refractivity contribution is 5.93. The summed E-state index contributed by atoms with van der Waals surface area (Å²) in [5.74, 6) is 0. The summed E-state index contributed by atoms with van der Waals surface area (Å²) in [7, 11) is 1.88. The predicted molar refractivity (Wildman–Crippen MR) is 107 cm³/mol. The molecule has 144 valence electrons. The van der Waals surface area contributed by atoms with Crippen LogP contribution in [0.2, 0.25) is 0 Å². The van der Waals surface area contributed by atoms with E-state index >= 15 is 0 Å². The third kappa shape index (κ3) is 2.96. The Morgan fingerprint density at radius 3 is 2.36 bits per heavy atom. The number of nitrogens with zero attached hydrogens (tertiary/aromatic N) is 2. The Balaban J connectivity index is 2.00. The number of rotatable bonds is 5. The van der Waals surface area contributed by atoms with E-state index < -0.39 is 24.9 Å². The first-order valence-corrected chi connectivity index (χ1v) is 9.11. The lowest BCUT2D eigenvalue weighted by molar-refractivity contribution is -0.0787. The molecular weight excluding hydrogens is 356 g/mol. The highest BCUT2D eigenvalue weighted by Gasteiger charge is 2.33. The van der Waals surface area contributed by atoms with Gasteiger partial charge in [-0.1, -0.05) is 48.5 Å². The molecule has 0 aliphatic carbocycles. The number of hydrogen-bond donors (Lipinski definition) is 4. The van der Waals surface area contributed by atoms with Crippen LogP contribution in [0.3, 0.4) is 0 Å². The van der Waals surface area contributed by atoms with Crippen LogP contribution < -0.4 is 0 Å². The van der Waals surface area contributed by atoms with Crippen LogP contribution in [-0.4, -0.2) is 48.8 Å². The summed E-state index contributed by atoms with van der Waals surface area (Å²) in [5.41, 5.74) is 4.31. The van der Waals surface area contributed by atoms with Crippen molar-refractivity contribution in [2.45, 2.75) is 18.3 Å². The summed E-state index contributed by atoms with van der Waals surface area (Å²) in [6.45, 7) is -0.655. The molecule has 0 aromatic heterocycles. The average molecular weight is 378 g/mol. The first kappa shape index (κ1) is 18.6. The zero-order valence-electron chi connectivity index (χ0n) is 15.4. The van der Waals surface area contributed by atoms with Crippen LogP contribution in [0.5, 0.6) is 0 Å². The van der Waals surface area contributed by atoms with Gasteiger partial charge in [-0.25, -0.2) is 4.98 Å². The molecule has 0 saturated carbocycles. The number of para-hydroxylation sites is 1. The van der Waals surface area contributed by atoms with Crippen LogP contribution in [-0.2, 0) is 7.05 Å². The summed E-state index contributed by atoms with van der Waals surface area (Å²) in [6, 6.07) is 19.5. The Morgan fingerprint density at radius 2 is 1.64 bits per heavy atom. The Kier molecular flexibility index (Phi) is 4.87.